The summed E-state index contributed by atoms with van der Waals surface area (Å²) < 4.78 is 39.7. The number of benzene rings is 1. The van der Waals surface area contributed by atoms with Crippen molar-refractivity contribution in [3.8, 4) is 11.5 Å². The summed E-state index contributed by atoms with van der Waals surface area (Å²) >= 11 is 0. The molecule has 0 bridgehead atoms. The van der Waals surface area contributed by atoms with Gasteiger partial charge in [0, 0.05) is 17.8 Å². The van der Waals surface area contributed by atoms with Crippen molar-refractivity contribution in [1.82, 2.24) is 4.90 Å². The molecule has 0 radical (unpaired) electrons. The molecule has 2 aromatic rings. The highest BCUT2D eigenvalue weighted by Crippen LogP contribution is 2.34. The first-order valence-corrected chi connectivity index (χ1v) is 10.5. The van der Waals surface area contributed by atoms with Crippen molar-refractivity contribution >= 4 is 21.4 Å². The molecule has 3 heterocycles. The molecule has 0 saturated carbocycles. The second-order valence-electron chi connectivity index (χ2n) is 6.66. The van der Waals surface area contributed by atoms with E-state index in [1.807, 2.05) is 11.0 Å². The van der Waals surface area contributed by atoms with Crippen molar-refractivity contribution in [3.63, 3.8) is 0 Å². The molecule has 2 aliphatic heterocycles. The maximum atomic E-state index is 12.6. The third kappa shape index (κ3) is 4.25. The smallest absolute Gasteiger partial charge is 0.238 e. The molecule has 1 N–H and O–H groups in total. The van der Waals surface area contributed by atoms with Crippen molar-refractivity contribution in [3.05, 3.63) is 42.4 Å². The van der Waals surface area contributed by atoms with Crippen LogP contribution in [0.1, 0.15) is 12.2 Å². The van der Waals surface area contributed by atoms with Crippen LogP contribution in [-0.2, 0) is 21.2 Å². The van der Waals surface area contributed by atoms with Gasteiger partial charge < -0.3 is 19.2 Å². The zero-order chi connectivity index (χ0) is 18.9. The van der Waals surface area contributed by atoms with Gasteiger partial charge in [0.15, 0.2) is 21.3 Å². The Labute approximate surface area is 157 Å². The molecule has 2 aliphatic rings. The molecule has 1 atom stereocenters. The molecule has 1 fully saturated rings. The monoisotopic (exact) mass is 392 g/mol. The van der Waals surface area contributed by atoms with E-state index < -0.39 is 9.84 Å². The molecule has 0 unspecified atom stereocenters. The van der Waals surface area contributed by atoms with Crippen LogP contribution in [0, 0.1) is 0 Å². The lowest BCUT2D eigenvalue weighted by Crippen LogP contribution is -2.41. The average Bonchev–Trinajstić information content (AvgIpc) is 3.34. The van der Waals surface area contributed by atoms with Gasteiger partial charge in [0.1, 0.15) is 5.76 Å². The molecule has 0 aliphatic carbocycles. The number of hydrogen-bond acceptors (Lipinski definition) is 7. The Bertz CT molecular complexity index is 925. The molecular formula is C18H20N2O6S. The minimum Gasteiger partial charge on any atom is -0.468 e. The van der Waals surface area contributed by atoms with Gasteiger partial charge in [-0.15, -0.1) is 0 Å². The fourth-order valence-corrected chi connectivity index (χ4v) is 5.10. The summed E-state index contributed by atoms with van der Waals surface area (Å²) in [4.78, 5) is 14.4. The second kappa shape index (κ2) is 7.24. The SMILES string of the molecule is O=C(CN(Cc1ccco1)[C@H]1CCS(=O)(=O)C1)Nc1ccc2c(c1)OCO2. The van der Waals surface area contributed by atoms with E-state index in [0.717, 1.165) is 0 Å². The van der Waals surface area contributed by atoms with Gasteiger partial charge in [-0.05, 0) is 30.7 Å². The highest BCUT2D eigenvalue weighted by Gasteiger charge is 2.33. The quantitative estimate of drug-likeness (QED) is 0.798. The third-order valence-electron chi connectivity index (χ3n) is 4.67. The Morgan fingerprint density at radius 1 is 1.22 bits per heavy atom. The highest BCUT2D eigenvalue weighted by atomic mass is 32.2. The molecule has 9 heteroatoms. The van der Waals surface area contributed by atoms with Gasteiger partial charge in [-0.2, -0.15) is 0 Å². The number of carbonyl (C=O) groups is 1. The molecule has 0 spiro atoms. The van der Waals surface area contributed by atoms with E-state index in [4.69, 9.17) is 13.9 Å². The molecular weight excluding hydrogens is 372 g/mol. The van der Waals surface area contributed by atoms with Gasteiger partial charge in [-0.1, -0.05) is 0 Å². The van der Waals surface area contributed by atoms with Crippen molar-refractivity contribution in [2.75, 3.05) is 30.2 Å². The van der Waals surface area contributed by atoms with Crippen molar-refractivity contribution in [1.29, 1.82) is 0 Å². The Kier molecular flexibility index (Phi) is 4.79. The van der Waals surface area contributed by atoms with Crippen LogP contribution in [0.5, 0.6) is 11.5 Å². The van der Waals surface area contributed by atoms with E-state index >= 15 is 0 Å². The van der Waals surface area contributed by atoms with Crippen LogP contribution in [0.4, 0.5) is 5.69 Å². The lowest BCUT2D eigenvalue weighted by atomic mass is 10.2. The number of carbonyl (C=O) groups excluding carboxylic acids is 1. The summed E-state index contributed by atoms with van der Waals surface area (Å²) in [6, 6.07) is 8.56. The van der Waals surface area contributed by atoms with Crippen molar-refractivity contribution < 1.29 is 27.1 Å². The second-order valence-corrected chi connectivity index (χ2v) is 8.89. The molecule has 144 valence electrons. The number of amides is 1. The number of rotatable bonds is 6. The van der Waals surface area contributed by atoms with Crippen molar-refractivity contribution in [2.45, 2.75) is 19.0 Å². The Hall–Kier alpha value is -2.52. The number of nitrogens with zero attached hydrogens (tertiary/aromatic N) is 1. The zero-order valence-corrected chi connectivity index (χ0v) is 15.4. The molecule has 1 amide bonds. The van der Waals surface area contributed by atoms with E-state index in [1.165, 1.54) is 0 Å². The van der Waals surface area contributed by atoms with Gasteiger partial charge >= 0.3 is 0 Å². The number of furan rings is 1. The van der Waals surface area contributed by atoms with E-state index in [2.05, 4.69) is 5.32 Å². The van der Waals surface area contributed by atoms with Crippen LogP contribution in [0.3, 0.4) is 0 Å². The zero-order valence-electron chi connectivity index (χ0n) is 14.6. The highest BCUT2D eigenvalue weighted by molar-refractivity contribution is 7.91. The van der Waals surface area contributed by atoms with Crippen LogP contribution >= 0.6 is 0 Å². The normalized spacial score (nSPS) is 20.1. The number of ether oxygens (including phenoxy) is 2. The topological polar surface area (TPSA) is 98.1 Å². The largest absolute Gasteiger partial charge is 0.468 e. The standard InChI is InChI=1S/C18H20N2O6S/c21-18(19-13-3-4-16-17(8-13)26-12-25-16)10-20(9-15-2-1-6-24-15)14-5-7-27(22,23)11-14/h1-4,6,8,14H,5,7,9-12H2,(H,19,21)/t14-/m0/s1. The van der Waals surface area contributed by atoms with Gasteiger partial charge in [0.25, 0.3) is 0 Å². The van der Waals surface area contributed by atoms with Crippen LogP contribution in [-0.4, -0.2) is 50.1 Å². The Morgan fingerprint density at radius 2 is 2.07 bits per heavy atom. The summed E-state index contributed by atoms with van der Waals surface area (Å²) in [6.07, 6.45) is 2.08. The predicted molar refractivity (Wildman–Crippen MR) is 97.4 cm³/mol. The van der Waals surface area contributed by atoms with Crippen molar-refractivity contribution in [2.24, 2.45) is 0 Å². The van der Waals surface area contributed by atoms with Gasteiger partial charge in [0.05, 0.1) is 30.9 Å². The fourth-order valence-electron chi connectivity index (χ4n) is 3.34. The molecule has 27 heavy (non-hydrogen) atoms. The lowest BCUT2D eigenvalue weighted by molar-refractivity contribution is -0.118. The summed E-state index contributed by atoms with van der Waals surface area (Å²) in [5, 5.41) is 2.83. The number of fused-ring (bicyclic) bond motifs is 1. The first-order chi connectivity index (χ1) is 13.0. The number of hydrogen-bond donors (Lipinski definition) is 1. The van der Waals surface area contributed by atoms with E-state index in [-0.39, 0.29) is 36.8 Å². The first kappa shape index (κ1) is 17.9. The van der Waals surface area contributed by atoms with E-state index in [1.54, 1.807) is 30.5 Å². The van der Waals surface area contributed by atoms with Crippen LogP contribution in [0.2, 0.25) is 0 Å². The predicted octanol–water partition coefficient (Wildman–Crippen LogP) is 1.64. The number of nitrogens with one attached hydrogen (secondary N) is 1. The van der Waals surface area contributed by atoms with Gasteiger partial charge in [-0.25, -0.2) is 8.42 Å². The third-order valence-corrected chi connectivity index (χ3v) is 6.42. The summed E-state index contributed by atoms with van der Waals surface area (Å²) in [5.41, 5.74) is 0.598. The van der Waals surface area contributed by atoms with E-state index in [0.29, 0.717) is 35.9 Å². The van der Waals surface area contributed by atoms with Gasteiger partial charge in [0.2, 0.25) is 12.7 Å². The van der Waals surface area contributed by atoms with Crippen LogP contribution < -0.4 is 14.8 Å². The summed E-state index contributed by atoms with van der Waals surface area (Å²) in [6.45, 7) is 0.608. The summed E-state index contributed by atoms with van der Waals surface area (Å²) in [7, 11) is -3.06. The van der Waals surface area contributed by atoms with E-state index in [9.17, 15) is 13.2 Å². The summed E-state index contributed by atoms with van der Waals surface area (Å²) in [5.74, 6) is 1.90. The lowest BCUT2D eigenvalue weighted by Gasteiger charge is -2.26. The molecule has 1 saturated heterocycles. The minimum atomic E-state index is -3.06. The molecule has 1 aromatic carbocycles. The average molecular weight is 392 g/mol. The van der Waals surface area contributed by atoms with Gasteiger partial charge in [-0.3, -0.25) is 9.69 Å². The Balaban J connectivity index is 1.44. The number of sulfone groups is 1. The Morgan fingerprint density at radius 3 is 2.81 bits per heavy atom. The molecule has 4 rings (SSSR count). The molecule has 8 nitrogen and oxygen atoms in total. The van der Waals surface area contributed by atoms with Crippen LogP contribution in [0.25, 0.3) is 0 Å². The fraction of sp³-hybridized carbons (Fsp3) is 0.389. The number of anilines is 1. The maximum absolute atomic E-state index is 12.6. The minimum absolute atomic E-state index is 0.0605. The first-order valence-electron chi connectivity index (χ1n) is 8.65. The maximum Gasteiger partial charge on any atom is 0.238 e. The molecule has 1 aromatic heterocycles. The van der Waals surface area contributed by atoms with Crippen LogP contribution in [0.15, 0.2) is 41.0 Å².